The molecular weight excluding hydrogens is 421 g/mol. The van der Waals surface area contributed by atoms with E-state index in [9.17, 15) is 14.0 Å². The molecule has 7 heteroatoms. The molecule has 6 nitrogen and oxygen atoms in total. The predicted octanol–water partition coefficient (Wildman–Crippen LogP) is 5.42. The summed E-state index contributed by atoms with van der Waals surface area (Å²) in [6.07, 6.45) is 0. The summed E-state index contributed by atoms with van der Waals surface area (Å²) in [4.78, 5) is 25.1. The van der Waals surface area contributed by atoms with Gasteiger partial charge in [0.15, 0.2) is 5.69 Å². The quantitative estimate of drug-likeness (QED) is 0.404. The molecule has 0 saturated heterocycles. The van der Waals surface area contributed by atoms with Gasteiger partial charge in [-0.3, -0.25) is 4.79 Å². The van der Waals surface area contributed by atoms with E-state index in [-0.39, 0.29) is 18.2 Å². The molecule has 1 amide bonds. The van der Waals surface area contributed by atoms with E-state index in [4.69, 9.17) is 4.74 Å². The van der Waals surface area contributed by atoms with Gasteiger partial charge >= 0.3 is 5.97 Å². The second-order valence-corrected chi connectivity index (χ2v) is 7.38. The highest BCUT2D eigenvalue weighted by atomic mass is 19.1. The first-order valence-electron chi connectivity index (χ1n) is 10.5. The number of anilines is 1. The van der Waals surface area contributed by atoms with E-state index in [1.54, 1.807) is 49.4 Å². The summed E-state index contributed by atoms with van der Waals surface area (Å²) in [6.45, 7) is 3.80. The number of amides is 1. The monoisotopic (exact) mass is 443 g/mol. The Kier molecular flexibility index (Phi) is 6.31. The SMILES string of the molecule is CCOC(=O)c1cc(-c2cccc(NC(=O)c3ccccc3C)c2)n(-c2cccc(F)c2)n1. The molecule has 0 saturated carbocycles. The van der Waals surface area contributed by atoms with Crippen LogP contribution in [0.25, 0.3) is 16.9 Å². The fraction of sp³-hybridized carbons (Fsp3) is 0.115. The molecule has 0 spiro atoms. The topological polar surface area (TPSA) is 73.2 Å². The Labute approximate surface area is 190 Å². The summed E-state index contributed by atoms with van der Waals surface area (Å²) in [7, 11) is 0. The van der Waals surface area contributed by atoms with Crippen LogP contribution in [-0.2, 0) is 4.74 Å². The smallest absolute Gasteiger partial charge is 0.358 e. The van der Waals surface area contributed by atoms with Crippen molar-refractivity contribution in [2.24, 2.45) is 0 Å². The zero-order chi connectivity index (χ0) is 23.4. The second-order valence-electron chi connectivity index (χ2n) is 7.38. The lowest BCUT2D eigenvalue weighted by Gasteiger charge is -2.11. The molecule has 33 heavy (non-hydrogen) atoms. The van der Waals surface area contributed by atoms with Gasteiger partial charge < -0.3 is 10.1 Å². The van der Waals surface area contributed by atoms with E-state index in [2.05, 4.69) is 10.4 Å². The number of rotatable bonds is 6. The molecule has 0 unspecified atom stereocenters. The third kappa shape index (κ3) is 4.82. The molecule has 0 fully saturated rings. The highest BCUT2D eigenvalue weighted by molar-refractivity contribution is 6.05. The zero-order valence-electron chi connectivity index (χ0n) is 18.2. The van der Waals surface area contributed by atoms with Crippen LogP contribution in [0, 0.1) is 12.7 Å². The lowest BCUT2D eigenvalue weighted by atomic mass is 10.1. The Hall–Kier alpha value is -4.26. The van der Waals surface area contributed by atoms with Crippen LogP contribution in [0.15, 0.2) is 78.9 Å². The van der Waals surface area contributed by atoms with Crippen LogP contribution in [-0.4, -0.2) is 28.3 Å². The highest BCUT2D eigenvalue weighted by Gasteiger charge is 2.18. The van der Waals surface area contributed by atoms with E-state index in [0.29, 0.717) is 28.2 Å². The molecule has 0 aliphatic carbocycles. The van der Waals surface area contributed by atoms with Gasteiger partial charge in [-0.1, -0.05) is 36.4 Å². The lowest BCUT2D eigenvalue weighted by molar-refractivity contribution is 0.0519. The van der Waals surface area contributed by atoms with Crippen LogP contribution in [0.3, 0.4) is 0 Å². The fourth-order valence-electron chi connectivity index (χ4n) is 3.48. The summed E-state index contributed by atoms with van der Waals surface area (Å²) < 4.78 is 20.5. The van der Waals surface area contributed by atoms with Crippen molar-refractivity contribution in [3.05, 3.63) is 102 Å². The minimum atomic E-state index is -0.571. The average molecular weight is 443 g/mol. The van der Waals surface area contributed by atoms with Crippen LogP contribution in [0.1, 0.15) is 33.3 Å². The molecule has 1 heterocycles. The molecule has 1 N–H and O–H groups in total. The van der Waals surface area contributed by atoms with Gasteiger partial charge in [0.1, 0.15) is 5.82 Å². The van der Waals surface area contributed by atoms with Gasteiger partial charge in [-0.05, 0) is 61.9 Å². The minimum absolute atomic E-state index is 0.102. The van der Waals surface area contributed by atoms with Gasteiger partial charge in [0.05, 0.1) is 18.0 Å². The molecule has 166 valence electrons. The third-order valence-electron chi connectivity index (χ3n) is 5.05. The molecule has 3 aromatic carbocycles. The van der Waals surface area contributed by atoms with E-state index in [1.807, 2.05) is 31.2 Å². The van der Waals surface area contributed by atoms with Gasteiger partial charge in [-0.2, -0.15) is 5.10 Å². The summed E-state index contributed by atoms with van der Waals surface area (Å²) in [5, 5.41) is 7.26. The number of esters is 1. The van der Waals surface area contributed by atoms with Gasteiger partial charge in [0.25, 0.3) is 5.91 Å². The van der Waals surface area contributed by atoms with E-state index >= 15 is 0 Å². The van der Waals surface area contributed by atoms with Crippen LogP contribution >= 0.6 is 0 Å². The Morgan fingerprint density at radius 1 is 1.00 bits per heavy atom. The van der Waals surface area contributed by atoms with Crippen molar-refractivity contribution < 1.29 is 18.7 Å². The number of hydrogen-bond acceptors (Lipinski definition) is 4. The fourth-order valence-corrected chi connectivity index (χ4v) is 3.48. The Morgan fingerprint density at radius 2 is 1.79 bits per heavy atom. The van der Waals surface area contributed by atoms with Crippen molar-refractivity contribution in [2.75, 3.05) is 11.9 Å². The van der Waals surface area contributed by atoms with Crippen LogP contribution in [0.2, 0.25) is 0 Å². The first-order valence-corrected chi connectivity index (χ1v) is 10.5. The maximum atomic E-state index is 13.9. The number of halogens is 1. The van der Waals surface area contributed by atoms with Crippen LogP contribution in [0.5, 0.6) is 0 Å². The third-order valence-corrected chi connectivity index (χ3v) is 5.05. The number of aryl methyl sites for hydroxylation is 1. The molecule has 0 bridgehead atoms. The lowest BCUT2D eigenvalue weighted by Crippen LogP contribution is -2.13. The summed E-state index contributed by atoms with van der Waals surface area (Å²) in [5.41, 5.74) is 3.82. The average Bonchev–Trinajstić information content (AvgIpc) is 3.25. The molecule has 0 atom stereocenters. The molecular formula is C26H22FN3O3. The number of nitrogens with one attached hydrogen (secondary N) is 1. The Balaban J connectivity index is 1.73. The van der Waals surface area contributed by atoms with E-state index in [1.165, 1.54) is 16.8 Å². The standard InChI is InChI=1S/C26H22FN3O3/c1-3-33-26(32)23-16-24(30(29-23)21-12-7-10-19(27)15-21)18-9-6-11-20(14-18)28-25(31)22-13-5-4-8-17(22)2/h4-16H,3H2,1-2H3,(H,28,31). The number of carbonyl (C=O) groups excluding carboxylic acids is 2. The first kappa shape index (κ1) is 22.0. The predicted molar refractivity (Wildman–Crippen MR) is 124 cm³/mol. The number of ether oxygens (including phenoxy) is 1. The highest BCUT2D eigenvalue weighted by Crippen LogP contribution is 2.27. The summed E-state index contributed by atoms with van der Waals surface area (Å²) in [6, 6.07) is 22.0. The maximum Gasteiger partial charge on any atom is 0.358 e. The van der Waals surface area contributed by atoms with Crippen molar-refractivity contribution in [3.63, 3.8) is 0 Å². The zero-order valence-corrected chi connectivity index (χ0v) is 18.2. The van der Waals surface area contributed by atoms with Gasteiger partial charge in [-0.15, -0.1) is 0 Å². The number of benzene rings is 3. The number of nitrogens with zero attached hydrogens (tertiary/aromatic N) is 2. The maximum absolute atomic E-state index is 13.9. The van der Waals surface area contributed by atoms with Crippen molar-refractivity contribution >= 4 is 17.6 Å². The van der Waals surface area contributed by atoms with Crippen molar-refractivity contribution in [3.8, 4) is 16.9 Å². The van der Waals surface area contributed by atoms with Crippen LogP contribution in [0.4, 0.5) is 10.1 Å². The van der Waals surface area contributed by atoms with Gasteiger partial charge in [-0.25, -0.2) is 13.9 Å². The number of carbonyl (C=O) groups is 2. The Bertz CT molecular complexity index is 1330. The molecule has 4 aromatic rings. The molecule has 0 aliphatic rings. The van der Waals surface area contributed by atoms with Crippen LogP contribution < -0.4 is 5.32 Å². The molecule has 0 aliphatic heterocycles. The van der Waals surface area contributed by atoms with Gasteiger partial charge in [0.2, 0.25) is 0 Å². The van der Waals surface area contributed by atoms with E-state index in [0.717, 1.165) is 5.56 Å². The van der Waals surface area contributed by atoms with Crippen molar-refractivity contribution in [1.29, 1.82) is 0 Å². The Morgan fingerprint density at radius 3 is 2.55 bits per heavy atom. The van der Waals surface area contributed by atoms with Crippen molar-refractivity contribution in [2.45, 2.75) is 13.8 Å². The van der Waals surface area contributed by atoms with E-state index < -0.39 is 11.8 Å². The number of aromatic nitrogens is 2. The summed E-state index contributed by atoms with van der Waals surface area (Å²) >= 11 is 0. The van der Waals surface area contributed by atoms with Gasteiger partial charge in [0, 0.05) is 16.8 Å². The van der Waals surface area contributed by atoms with Crippen molar-refractivity contribution in [1.82, 2.24) is 9.78 Å². The number of hydrogen-bond donors (Lipinski definition) is 1. The second kappa shape index (κ2) is 9.48. The largest absolute Gasteiger partial charge is 0.461 e. The normalized spacial score (nSPS) is 10.6. The summed E-state index contributed by atoms with van der Waals surface area (Å²) in [5.74, 6) is -1.22. The molecule has 4 rings (SSSR count). The molecule has 0 radical (unpaired) electrons. The molecule has 1 aromatic heterocycles. The minimum Gasteiger partial charge on any atom is -0.461 e. The first-order chi connectivity index (χ1) is 16.0.